The molecule has 1 saturated carbocycles. The topological polar surface area (TPSA) is 102 Å². The normalized spacial score (nSPS) is 22.9. The van der Waals surface area contributed by atoms with Crippen LogP contribution in [0, 0.1) is 0 Å². The van der Waals surface area contributed by atoms with Crippen molar-refractivity contribution in [3.63, 3.8) is 0 Å². The lowest BCUT2D eigenvalue weighted by Gasteiger charge is -2.41. The van der Waals surface area contributed by atoms with E-state index in [1.807, 2.05) is 13.8 Å². The first-order chi connectivity index (χ1) is 12.2. The summed E-state index contributed by atoms with van der Waals surface area (Å²) in [5, 5.41) is 17.1. The Morgan fingerprint density at radius 3 is 2.88 bits per heavy atom. The van der Waals surface area contributed by atoms with Crippen molar-refractivity contribution in [2.75, 3.05) is 0 Å². The molecular weight excluding hydrogens is 354 g/mol. The number of fused-ring (bicyclic) bond motifs is 3. The fraction of sp³-hybridized carbons (Fsp3) is 0.529. The van der Waals surface area contributed by atoms with E-state index in [1.54, 1.807) is 22.9 Å². The summed E-state index contributed by atoms with van der Waals surface area (Å²) in [7, 11) is 0. The summed E-state index contributed by atoms with van der Waals surface area (Å²) in [5.41, 5.74) is 1.94. The van der Waals surface area contributed by atoms with E-state index in [9.17, 15) is 14.7 Å². The molecule has 0 atom stereocenters. The van der Waals surface area contributed by atoms with Gasteiger partial charge in [-0.05, 0) is 25.8 Å². The number of carbonyl (C=O) groups is 1. The summed E-state index contributed by atoms with van der Waals surface area (Å²) in [5.74, 6) is 0.483. The number of nitrogens with one attached hydrogen (secondary N) is 1. The van der Waals surface area contributed by atoms with Crippen LogP contribution in [-0.4, -0.2) is 41.8 Å². The highest BCUT2D eigenvalue weighted by Crippen LogP contribution is 2.31. The third-order valence-corrected chi connectivity index (χ3v) is 5.51. The summed E-state index contributed by atoms with van der Waals surface area (Å²) in [6, 6.07) is 1.75. The molecule has 1 aliphatic carbocycles. The Bertz CT molecular complexity index is 1050. The van der Waals surface area contributed by atoms with Gasteiger partial charge in [0.2, 0.25) is 5.91 Å². The van der Waals surface area contributed by atoms with Crippen LogP contribution in [0.3, 0.4) is 0 Å². The molecule has 2 N–H and O–H groups in total. The van der Waals surface area contributed by atoms with Crippen LogP contribution in [0.25, 0.3) is 15.9 Å². The minimum atomic E-state index is -0.707. The van der Waals surface area contributed by atoms with Gasteiger partial charge < -0.3 is 10.4 Å². The Kier molecular flexibility index (Phi) is 3.89. The van der Waals surface area contributed by atoms with Crippen molar-refractivity contribution >= 4 is 33.1 Å². The standard InChI is InChI=1S/C17H21N5O3S/c1-9(2)14-20-21(7-13(23)19-10-5-17(3,25)6-10)16(24)11-4-12-15(22(11)14)18-8-26-12/h4,8-10,25H,5-7H2,1-3H3,(H,19,23). The molecule has 0 radical (unpaired) electrons. The predicted molar refractivity (Wildman–Crippen MR) is 98.5 cm³/mol. The third kappa shape index (κ3) is 2.80. The zero-order valence-corrected chi connectivity index (χ0v) is 15.7. The average Bonchev–Trinajstić information content (AvgIpc) is 3.09. The summed E-state index contributed by atoms with van der Waals surface area (Å²) in [6.07, 6.45) is 1.05. The van der Waals surface area contributed by atoms with Crippen LogP contribution in [0.1, 0.15) is 45.4 Å². The highest BCUT2D eigenvalue weighted by Gasteiger charge is 2.39. The van der Waals surface area contributed by atoms with Crippen LogP contribution in [0.2, 0.25) is 0 Å². The summed E-state index contributed by atoms with van der Waals surface area (Å²) < 4.78 is 3.93. The van der Waals surface area contributed by atoms with Crippen LogP contribution < -0.4 is 10.9 Å². The maximum atomic E-state index is 12.8. The Balaban J connectivity index is 1.68. The molecule has 0 saturated heterocycles. The zero-order valence-electron chi connectivity index (χ0n) is 14.9. The second-order valence-electron chi connectivity index (χ2n) is 7.55. The Hall–Kier alpha value is -2.26. The van der Waals surface area contributed by atoms with Crippen molar-refractivity contribution in [1.82, 2.24) is 24.5 Å². The first-order valence-electron chi connectivity index (χ1n) is 8.62. The number of amides is 1. The number of hydrogen-bond donors (Lipinski definition) is 2. The fourth-order valence-electron chi connectivity index (χ4n) is 3.55. The number of aromatic nitrogens is 4. The smallest absolute Gasteiger partial charge is 0.291 e. The van der Waals surface area contributed by atoms with Gasteiger partial charge >= 0.3 is 0 Å². The van der Waals surface area contributed by atoms with Gasteiger partial charge in [-0.3, -0.25) is 14.0 Å². The fourth-order valence-corrected chi connectivity index (χ4v) is 4.24. The van der Waals surface area contributed by atoms with Gasteiger partial charge in [0, 0.05) is 12.0 Å². The molecule has 3 aromatic heterocycles. The molecule has 8 nitrogen and oxygen atoms in total. The number of rotatable bonds is 4. The first kappa shape index (κ1) is 17.2. The minimum Gasteiger partial charge on any atom is -0.390 e. The molecule has 3 aromatic rings. The van der Waals surface area contributed by atoms with E-state index in [4.69, 9.17) is 0 Å². The van der Waals surface area contributed by atoms with E-state index in [1.165, 1.54) is 16.0 Å². The number of nitrogens with zero attached hydrogens (tertiary/aromatic N) is 4. The molecular formula is C17H21N5O3S. The zero-order chi connectivity index (χ0) is 18.6. The Morgan fingerprint density at radius 1 is 1.50 bits per heavy atom. The number of carbonyl (C=O) groups excluding carboxylic acids is 1. The molecule has 0 spiro atoms. The lowest BCUT2D eigenvalue weighted by Crippen LogP contribution is -2.54. The van der Waals surface area contributed by atoms with E-state index >= 15 is 0 Å². The summed E-state index contributed by atoms with van der Waals surface area (Å²) >= 11 is 1.47. The molecule has 0 aromatic carbocycles. The lowest BCUT2D eigenvalue weighted by molar-refractivity contribution is -0.125. The van der Waals surface area contributed by atoms with Gasteiger partial charge in [0.1, 0.15) is 17.9 Å². The lowest BCUT2D eigenvalue weighted by atomic mass is 9.77. The molecule has 0 bridgehead atoms. The van der Waals surface area contributed by atoms with Crippen molar-refractivity contribution < 1.29 is 9.90 Å². The average molecular weight is 375 g/mol. The molecule has 1 amide bonds. The van der Waals surface area contributed by atoms with Crippen LogP contribution in [0.5, 0.6) is 0 Å². The van der Waals surface area contributed by atoms with Gasteiger partial charge in [0.15, 0.2) is 5.65 Å². The molecule has 4 rings (SSSR count). The molecule has 1 aliphatic rings. The Morgan fingerprint density at radius 2 is 2.23 bits per heavy atom. The first-order valence-corrected chi connectivity index (χ1v) is 9.50. The largest absolute Gasteiger partial charge is 0.390 e. The van der Waals surface area contributed by atoms with E-state index in [2.05, 4.69) is 15.4 Å². The third-order valence-electron chi connectivity index (χ3n) is 4.75. The van der Waals surface area contributed by atoms with Gasteiger partial charge in [-0.15, -0.1) is 11.3 Å². The molecule has 138 valence electrons. The Labute approximate surface area is 153 Å². The SMILES string of the molecule is CC(C)c1nn(CC(=O)NC2CC(C)(O)C2)c(=O)c2cc3scnc3n12. The minimum absolute atomic E-state index is 0.0515. The van der Waals surface area contributed by atoms with Gasteiger partial charge in [0.05, 0.1) is 15.8 Å². The molecule has 0 aliphatic heterocycles. The number of hydrogen-bond acceptors (Lipinski definition) is 6. The molecule has 3 heterocycles. The van der Waals surface area contributed by atoms with E-state index in [0.717, 1.165) is 10.3 Å². The monoisotopic (exact) mass is 375 g/mol. The van der Waals surface area contributed by atoms with E-state index in [0.29, 0.717) is 24.2 Å². The summed E-state index contributed by atoms with van der Waals surface area (Å²) in [4.78, 5) is 29.5. The van der Waals surface area contributed by atoms with Crippen molar-refractivity contribution in [3.05, 3.63) is 27.8 Å². The van der Waals surface area contributed by atoms with Crippen LogP contribution in [0.4, 0.5) is 0 Å². The van der Waals surface area contributed by atoms with E-state index < -0.39 is 5.60 Å². The summed E-state index contributed by atoms with van der Waals surface area (Å²) in [6.45, 7) is 5.59. The highest BCUT2D eigenvalue weighted by molar-refractivity contribution is 7.16. The predicted octanol–water partition coefficient (Wildman–Crippen LogP) is 1.26. The van der Waals surface area contributed by atoms with Crippen molar-refractivity contribution in [1.29, 1.82) is 0 Å². The number of thiazole rings is 1. The second kappa shape index (κ2) is 5.88. The van der Waals surface area contributed by atoms with Gasteiger partial charge in [-0.25, -0.2) is 9.67 Å². The van der Waals surface area contributed by atoms with Gasteiger partial charge in [-0.1, -0.05) is 13.8 Å². The van der Waals surface area contributed by atoms with Crippen molar-refractivity contribution in [3.8, 4) is 0 Å². The van der Waals surface area contributed by atoms with Crippen LogP contribution in [-0.2, 0) is 11.3 Å². The van der Waals surface area contributed by atoms with Crippen molar-refractivity contribution in [2.24, 2.45) is 0 Å². The maximum absolute atomic E-state index is 12.8. The van der Waals surface area contributed by atoms with Gasteiger partial charge in [0.25, 0.3) is 5.56 Å². The molecule has 0 unspecified atom stereocenters. The molecule has 1 fully saturated rings. The highest BCUT2D eigenvalue weighted by atomic mass is 32.1. The second-order valence-corrected chi connectivity index (χ2v) is 8.44. The number of aliphatic hydroxyl groups is 1. The van der Waals surface area contributed by atoms with Crippen molar-refractivity contribution in [2.45, 2.75) is 57.7 Å². The van der Waals surface area contributed by atoms with Crippen LogP contribution >= 0.6 is 11.3 Å². The van der Waals surface area contributed by atoms with Crippen LogP contribution in [0.15, 0.2) is 16.4 Å². The quantitative estimate of drug-likeness (QED) is 0.715. The van der Waals surface area contributed by atoms with Gasteiger partial charge in [-0.2, -0.15) is 5.10 Å². The molecule has 9 heteroatoms. The van der Waals surface area contributed by atoms with E-state index in [-0.39, 0.29) is 30.0 Å². The molecule has 26 heavy (non-hydrogen) atoms. The maximum Gasteiger partial charge on any atom is 0.291 e.